The molecule has 1 atom stereocenters. The molecule has 0 rings (SSSR count). The van der Waals surface area contributed by atoms with Crippen LogP contribution in [0.1, 0.15) is 98.3 Å². The Hall–Kier alpha value is 0.0700. The molecule has 0 aliphatic heterocycles. The first-order valence-corrected chi connectivity index (χ1v) is 13.1. The van der Waals surface area contributed by atoms with Crippen molar-refractivity contribution in [3.8, 4) is 0 Å². The lowest BCUT2D eigenvalue weighted by molar-refractivity contribution is 0.119. The highest BCUT2D eigenvalue weighted by atomic mass is 31.2. The molecule has 0 aliphatic carbocycles. The van der Waals surface area contributed by atoms with Crippen molar-refractivity contribution in [2.45, 2.75) is 98.3 Å². The minimum absolute atomic E-state index is 0.234. The van der Waals surface area contributed by atoms with Crippen molar-refractivity contribution in [1.29, 1.82) is 0 Å². The van der Waals surface area contributed by atoms with Gasteiger partial charge in [0.25, 0.3) is 0 Å². The van der Waals surface area contributed by atoms with E-state index in [1.54, 1.807) is 0 Å². The molecule has 28 heavy (non-hydrogen) atoms. The summed E-state index contributed by atoms with van der Waals surface area (Å²) in [5.74, 6) is 0. The van der Waals surface area contributed by atoms with Crippen LogP contribution in [0.25, 0.3) is 0 Å². The van der Waals surface area contributed by atoms with Gasteiger partial charge in [-0.05, 0) is 62.2 Å². The van der Waals surface area contributed by atoms with Crippen LogP contribution >= 0.6 is 7.60 Å². The zero-order valence-corrected chi connectivity index (χ0v) is 20.1. The van der Waals surface area contributed by atoms with Crippen molar-refractivity contribution in [3.63, 3.8) is 0 Å². The third-order valence-electron chi connectivity index (χ3n) is 5.37. The van der Waals surface area contributed by atoms with Gasteiger partial charge in [-0.3, -0.25) is 4.57 Å². The van der Waals surface area contributed by atoms with Gasteiger partial charge in [-0.2, -0.15) is 0 Å². The van der Waals surface area contributed by atoms with Gasteiger partial charge in [-0.1, -0.05) is 47.0 Å². The Morgan fingerprint density at radius 2 is 1.14 bits per heavy atom. The molecule has 0 fully saturated rings. The van der Waals surface area contributed by atoms with Crippen LogP contribution in [0.3, 0.4) is 0 Å². The molecule has 0 aliphatic rings. The largest absolute Gasteiger partial charge is 0.396 e. The summed E-state index contributed by atoms with van der Waals surface area (Å²) in [6, 6.07) is 0. The van der Waals surface area contributed by atoms with Gasteiger partial charge in [0.1, 0.15) is 0 Å². The second kappa shape index (κ2) is 15.0. The number of hydrogen-bond donors (Lipinski definition) is 2. The van der Waals surface area contributed by atoms with E-state index >= 15 is 0 Å². The maximum atomic E-state index is 11.1. The summed E-state index contributed by atoms with van der Waals surface area (Å²) in [6.07, 6.45) is 12.0. The molecule has 2 N–H and O–H groups in total. The highest BCUT2D eigenvalue weighted by Gasteiger charge is 2.18. The Kier molecular flexibility index (Phi) is 15.0. The molecule has 0 heterocycles. The SMILES string of the molecule is CC(C)(CCCCO)CCCCOCCCCC(C)(C)CCCOP(C)(=O)O. The number of unbranched alkanes of at least 4 members (excludes halogenated alkanes) is 3. The minimum Gasteiger partial charge on any atom is -0.396 e. The van der Waals surface area contributed by atoms with Crippen molar-refractivity contribution < 1.29 is 23.8 Å². The first kappa shape index (κ1) is 28.1. The van der Waals surface area contributed by atoms with E-state index < -0.39 is 7.60 Å². The number of aliphatic hydroxyl groups is 1. The average Bonchev–Trinajstić information content (AvgIpc) is 2.56. The molecule has 6 heteroatoms. The Morgan fingerprint density at radius 3 is 1.57 bits per heavy atom. The summed E-state index contributed by atoms with van der Waals surface area (Å²) in [6.45, 7) is 12.7. The van der Waals surface area contributed by atoms with Crippen LogP contribution in [0.4, 0.5) is 0 Å². The Morgan fingerprint density at radius 1 is 0.714 bits per heavy atom. The summed E-state index contributed by atoms with van der Waals surface area (Å²) in [5, 5.41) is 8.88. The quantitative estimate of drug-likeness (QED) is 0.192. The molecule has 170 valence electrons. The lowest BCUT2D eigenvalue weighted by Gasteiger charge is -2.25. The van der Waals surface area contributed by atoms with E-state index in [1.807, 2.05) is 0 Å². The van der Waals surface area contributed by atoms with Crippen molar-refractivity contribution in [2.24, 2.45) is 10.8 Å². The molecule has 1 unspecified atom stereocenters. The summed E-state index contributed by atoms with van der Waals surface area (Å²) < 4.78 is 21.8. The third-order valence-corrected chi connectivity index (χ3v) is 6.04. The molecule has 5 nitrogen and oxygen atoms in total. The van der Waals surface area contributed by atoms with Gasteiger partial charge in [-0.15, -0.1) is 0 Å². The van der Waals surface area contributed by atoms with Gasteiger partial charge >= 0.3 is 7.60 Å². The van der Waals surface area contributed by atoms with E-state index in [9.17, 15) is 4.57 Å². The monoisotopic (exact) mass is 422 g/mol. The van der Waals surface area contributed by atoms with E-state index in [0.29, 0.717) is 18.6 Å². The fourth-order valence-electron chi connectivity index (χ4n) is 3.47. The number of rotatable bonds is 19. The van der Waals surface area contributed by atoms with Crippen LogP contribution in [-0.4, -0.2) is 43.1 Å². The second-order valence-corrected chi connectivity index (χ2v) is 11.6. The van der Waals surface area contributed by atoms with Gasteiger partial charge in [0.05, 0.1) is 6.61 Å². The van der Waals surface area contributed by atoms with Gasteiger partial charge in [0, 0.05) is 26.5 Å². The van der Waals surface area contributed by atoms with Gasteiger partial charge in [0.15, 0.2) is 0 Å². The maximum Gasteiger partial charge on any atom is 0.325 e. The fourth-order valence-corrected chi connectivity index (χ4v) is 3.94. The van der Waals surface area contributed by atoms with Crippen LogP contribution in [0.15, 0.2) is 0 Å². The Labute approximate surface area is 174 Å². The predicted octanol–water partition coefficient (Wildman–Crippen LogP) is 6.17. The molecular formula is C22H47O5P. The predicted molar refractivity (Wildman–Crippen MR) is 118 cm³/mol. The average molecular weight is 423 g/mol. The molecule has 0 aromatic carbocycles. The summed E-state index contributed by atoms with van der Waals surface area (Å²) in [4.78, 5) is 9.12. The van der Waals surface area contributed by atoms with E-state index in [0.717, 1.165) is 64.6 Å². The zero-order chi connectivity index (χ0) is 21.5. The fraction of sp³-hybridized carbons (Fsp3) is 1.00. The first-order valence-electron chi connectivity index (χ1n) is 11.1. The molecule has 0 spiro atoms. The van der Waals surface area contributed by atoms with Gasteiger partial charge in [-0.25, -0.2) is 0 Å². The summed E-state index contributed by atoms with van der Waals surface area (Å²) in [5.41, 5.74) is 0.606. The maximum absolute atomic E-state index is 11.1. The number of hydrogen-bond acceptors (Lipinski definition) is 4. The molecule has 0 radical (unpaired) electrons. The van der Waals surface area contributed by atoms with Crippen LogP contribution in [-0.2, 0) is 13.8 Å². The number of aliphatic hydroxyl groups excluding tert-OH is 1. The molecule has 0 saturated carbocycles. The normalized spacial score (nSPS) is 15.0. The van der Waals surface area contributed by atoms with E-state index in [-0.39, 0.29) is 5.41 Å². The molecule has 0 aromatic rings. The van der Waals surface area contributed by atoms with E-state index in [2.05, 4.69) is 27.7 Å². The topological polar surface area (TPSA) is 76.0 Å². The first-order chi connectivity index (χ1) is 13.0. The zero-order valence-electron chi connectivity index (χ0n) is 19.2. The lowest BCUT2D eigenvalue weighted by Crippen LogP contribution is -2.13. The van der Waals surface area contributed by atoms with Crippen molar-refractivity contribution in [3.05, 3.63) is 0 Å². The molecule has 0 saturated heterocycles. The van der Waals surface area contributed by atoms with E-state index in [1.165, 1.54) is 25.9 Å². The highest BCUT2D eigenvalue weighted by molar-refractivity contribution is 7.51. The molecular weight excluding hydrogens is 375 g/mol. The van der Waals surface area contributed by atoms with Crippen LogP contribution in [0.2, 0.25) is 0 Å². The second-order valence-electron chi connectivity index (χ2n) is 9.78. The Bertz CT molecular complexity index is 417. The Balaban J connectivity index is 3.56. The third kappa shape index (κ3) is 19.4. The smallest absolute Gasteiger partial charge is 0.325 e. The van der Waals surface area contributed by atoms with Gasteiger partial charge in [0.2, 0.25) is 0 Å². The molecule has 0 aromatic heterocycles. The van der Waals surface area contributed by atoms with Crippen LogP contribution < -0.4 is 0 Å². The van der Waals surface area contributed by atoms with Crippen LogP contribution in [0, 0.1) is 10.8 Å². The molecule has 0 bridgehead atoms. The number of ether oxygens (including phenoxy) is 1. The summed E-state index contributed by atoms with van der Waals surface area (Å²) in [7, 11) is -3.33. The highest BCUT2D eigenvalue weighted by Crippen LogP contribution is 2.37. The van der Waals surface area contributed by atoms with Crippen molar-refractivity contribution >= 4 is 7.60 Å². The summed E-state index contributed by atoms with van der Waals surface area (Å²) >= 11 is 0. The van der Waals surface area contributed by atoms with Gasteiger partial charge < -0.3 is 19.3 Å². The minimum atomic E-state index is -3.33. The van der Waals surface area contributed by atoms with Crippen LogP contribution in [0.5, 0.6) is 0 Å². The van der Waals surface area contributed by atoms with E-state index in [4.69, 9.17) is 19.3 Å². The van der Waals surface area contributed by atoms with Crippen molar-refractivity contribution in [1.82, 2.24) is 0 Å². The standard InChI is InChI=1S/C22H47O5P/c1-21(2,13-6-9-17-23)14-7-10-18-26-19-11-8-15-22(3,4)16-12-20-27-28(5,24)25/h23H,6-20H2,1-5H3,(H,24,25). The van der Waals surface area contributed by atoms with Crippen molar-refractivity contribution in [2.75, 3.05) is 33.1 Å². The lowest BCUT2D eigenvalue weighted by atomic mass is 9.82. The molecule has 0 amide bonds.